The number of phenolic OH excluding ortho intramolecular Hbond substituents is 1. The minimum atomic E-state index is -0.183. The average molecular weight is 312 g/mol. The molecule has 23 heavy (non-hydrogen) atoms. The van der Waals surface area contributed by atoms with E-state index < -0.39 is 0 Å². The average Bonchev–Trinajstić information content (AvgIpc) is 2.50. The topological polar surface area (TPSA) is 61.4 Å². The van der Waals surface area contributed by atoms with Crippen molar-refractivity contribution < 1.29 is 9.90 Å². The van der Waals surface area contributed by atoms with Crippen molar-refractivity contribution in [2.24, 2.45) is 0 Å². The molecule has 2 aromatic carbocycles. The number of phenols is 1. The van der Waals surface area contributed by atoms with E-state index in [0.29, 0.717) is 0 Å². The molecule has 122 valence electrons. The lowest BCUT2D eigenvalue weighted by molar-refractivity contribution is 0.248. The molecule has 0 heterocycles. The molecule has 4 nitrogen and oxygen atoms in total. The maximum atomic E-state index is 12.1. The number of rotatable bonds is 5. The Kier molecular flexibility index (Phi) is 5.63. The number of benzene rings is 2. The predicted octanol–water partition coefficient (Wildman–Crippen LogP) is 4.15. The zero-order chi connectivity index (χ0) is 16.8. The van der Waals surface area contributed by atoms with Crippen molar-refractivity contribution in [3.05, 3.63) is 59.2 Å². The molecule has 0 aliphatic rings. The van der Waals surface area contributed by atoms with E-state index >= 15 is 0 Å². The molecule has 0 unspecified atom stereocenters. The lowest BCUT2D eigenvalue weighted by atomic mass is 10.1. The van der Waals surface area contributed by atoms with Gasteiger partial charge < -0.3 is 15.7 Å². The standard InChI is InChI=1S/C19H24N2O2/c1-13-4-5-14(2)18(12-13)21-19(23)20-15(3)6-7-16-8-10-17(22)11-9-16/h4-5,8-12,15,22H,6-7H2,1-3H3,(H2,20,21,23)/t15-/m1/s1. The molecular formula is C19H24N2O2. The highest BCUT2D eigenvalue weighted by atomic mass is 16.3. The largest absolute Gasteiger partial charge is 0.508 e. The lowest BCUT2D eigenvalue weighted by Crippen LogP contribution is -2.36. The third-order valence-electron chi connectivity index (χ3n) is 3.82. The summed E-state index contributed by atoms with van der Waals surface area (Å²) in [4.78, 5) is 12.1. The van der Waals surface area contributed by atoms with Crippen molar-refractivity contribution in [1.29, 1.82) is 0 Å². The highest BCUT2D eigenvalue weighted by Gasteiger charge is 2.09. The Bertz CT molecular complexity index is 666. The Morgan fingerprint density at radius 1 is 1.13 bits per heavy atom. The summed E-state index contributed by atoms with van der Waals surface area (Å²) in [6.45, 7) is 5.97. The first-order valence-electron chi connectivity index (χ1n) is 7.86. The summed E-state index contributed by atoms with van der Waals surface area (Å²) in [5.41, 5.74) is 4.15. The van der Waals surface area contributed by atoms with Gasteiger partial charge in [0.05, 0.1) is 0 Å². The highest BCUT2D eigenvalue weighted by Crippen LogP contribution is 2.16. The Hall–Kier alpha value is -2.49. The van der Waals surface area contributed by atoms with Gasteiger partial charge in [-0.2, -0.15) is 0 Å². The molecule has 0 aliphatic heterocycles. The number of aryl methyl sites for hydroxylation is 3. The maximum Gasteiger partial charge on any atom is 0.319 e. The molecule has 0 spiro atoms. The Balaban J connectivity index is 1.82. The van der Waals surface area contributed by atoms with Crippen molar-refractivity contribution in [2.45, 2.75) is 39.7 Å². The zero-order valence-corrected chi connectivity index (χ0v) is 13.9. The van der Waals surface area contributed by atoms with Crippen LogP contribution in [0.3, 0.4) is 0 Å². The van der Waals surface area contributed by atoms with E-state index in [9.17, 15) is 9.90 Å². The van der Waals surface area contributed by atoms with Gasteiger partial charge in [-0.1, -0.05) is 24.3 Å². The van der Waals surface area contributed by atoms with Crippen LogP contribution in [0.5, 0.6) is 5.75 Å². The van der Waals surface area contributed by atoms with Crippen LogP contribution < -0.4 is 10.6 Å². The van der Waals surface area contributed by atoms with Crippen molar-refractivity contribution in [1.82, 2.24) is 5.32 Å². The first-order chi connectivity index (χ1) is 10.9. The fraction of sp³-hybridized carbons (Fsp3) is 0.316. The molecule has 0 saturated heterocycles. The number of aromatic hydroxyl groups is 1. The van der Waals surface area contributed by atoms with E-state index in [1.165, 1.54) is 0 Å². The minimum absolute atomic E-state index is 0.0638. The molecule has 3 N–H and O–H groups in total. The summed E-state index contributed by atoms with van der Waals surface area (Å²) in [6.07, 6.45) is 1.69. The minimum Gasteiger partial charge on any atom is -0.508 e. The number of hydrogen-bond acceptors (Lipinski definition) is 2. The number of hydrogen-bond donors (Lipinski definition) is 3. The van der Waals surface area contributed by atoms with Crippen LogP contribution in [0.2, 0.25) is 0 Å². The number of carbonyl (C=O) groups excluding carboxylic acids is 1. The third kappa shape index (κ3) is 5.33. The van der Waals surface area contributed by atoms with E-state index in [-0.39, 0.29) is 17.8 Å². The summed E-state index contributed by atoms with van der Waals surface area (Å²) >= 11 is 0. The molecule has 4 heteroatoms. The third-order valence-corrected chi connectivity index (χ3v) is 3.82. The van der Waals surface area contributed by atoms with Gasteiger partial charge in [0.15, 0.2) is 0 Å². The van der Waals surface area contributed by atoms with Crippen LogP contribution in [0.4, 0.5) is 10.5 Å². The van der Waals surface area contributed by atoms with Crippen molar-refractivity contribution in [3.8, 4) is 5.75 Å². The van der Waals surface area contributed by atoms with E-state index in [4.69, 9.17) is 0 Å². The van der Waals surface area contributed by atoms with Crippen LogP contribution in [0.25, 0.3) is 0 Å². The summed E-state index contributed by atoms with van der Waals surface area (Å²) in [7, 11) is 0. The first kappa shape index (κ1) is 16.9. The molecule has 2 amide bonds. The van der Waals surface area contributed by atoms with Crippen LogP contribution in [0, 0.1) is 13.8 Å². The molecule has 0 fully saturated rings. The molecule has 2 rings (SSSR count). The summed E-state index contributed by atoms with van der Waals surface area (Å²) in [6, 6.07) is 13.0. The van der Waals surface area contributed by atoms with Crippen molar-refractivity contribution in [3.63, 3.8) is 0 Å². The Morgan fingerprint density at radius 3 is 2.52 bits per heavy atom. The van der Waals surface area contributed by atoms with Gasteiger partial charge in [-0.05, 0) is 68.5 Å². The second kappa shape index (κ2) is 7.68. The van der Waals surface area contributed by atoms with Crippen LogP contribution in [0.15, 0.2) is 42.5 Å². The number of nitrogens with one attached hydrogen (secondary N) is 2. The molecule has 0 bridgehead atoms. The maximum absolute atomic E-state index is 12.1. The van der Waals surface area contributed by atoms with E-state index in [2.05, 4.69) is 10.6 Å². The number of urea groups is 1. The second-order valence-corrected chi connectivity index (χ2v) is 6.02. The fourth-order valence-corrected chi connectivity index (χ4v) is 2.37. The van der Waals surface area contributed by atoms with Gasteiger partial charge in [-0.3, -0.25) is 0 Å². The fourth-order valence-electron chi connectivity index (χ4n) is 2.37. The van der Waals surface area contributed by atoms with Gasteiger partial charge in [0, 0.05) is 11.7 Å². The number of carbonyl (C=O) groups is 1. The molecular weight excluding hydrogens is 288 g/mol. The predicted molar refractivity (Wildman–Crippen MR) is 94.0 cm³/mol. The molecule has 0 saturated carbocycles. The summed E-state index contributed by atoms with van der Waals surface area (Å²) < 4.78 is 0. The molecule has 0 aliphatic carbocycles. The van der Waals surface area contributed by atoms with Crippen LogP contribution in [0.1, 0.15) is 30.0 Å². The van der Waals surface area contributed by atoms with Crippen molar-refractivity contribution >= 4 is 11.7 Å². The molecule has 1 atom stereocenters. The van der Waals surface area contributed by atoms with Gasteiger partial charge in [-0.25, -0.2) is 4.79 Å². The molecule has 0 radical (unpaired) electrons. The van der Waals surface area contributed by atoms with Gasteiger partial charge in [0.25, 0.3) is 0 Å². The monoisotopic (exact) mass is 312 g/mol. The Morgan fingerprint density at radius 2 is 1.83 bits per heavy atom. The summed E-state index contributed by atoms with van der Waals surface area (Å²) in [5, 5.41) is 15.1. The normalized spacial score (nSPS) is 11.8. The lowest BCUT2D eigenvalue weighted by Gasteiger charge is -2.16. The molecule has 0 aromatic heterocycles. The Labute approximate surface area is 137 Å². The highest BCUT2D eigenvalue weighted by molar-refractivity contribution is 5.90. The SMILES string of the molecule is Cc1ccc(C)c(NC(=O)N[C@H](C)CCc2ccc(O)cc2)c1. The smallest absolute Gasteiger partial charge is 0.319 e. The van der Waals surface area contributed by atoms with Crippen LogP contribution in [-0.4, -0.2) is 17.2 Å². The summed E-state index contributed by atoms with van der Waals surface area (Å²) in [5.74, 6) is 0.271. The van der Waals surface area contributed by atoms with Crippen LogP contribution >= 0.6 is 0 Å². The van der Waals surface area contributed by atoms with Crippen LogP contribution in [-0.2, 0) is 6.42 Å². The molecule has 2 aromatic rings. The van der Waals surface area contributed by atoms with E-state index in [0.717, 1.165) is 35.2 Å². The van der Waals surface area contributed by atoms with E-state index in [1.807, 2.05) is 51.1 Å². The van der Waals surface area contributed by atoms with Gasteiger partial charge in [0.1, 0.15) is 5.75 Å². The second-order valence-electron chi connectivity index (χ2n) is 6.02. The number of anilines is 1. The van der Waals surface area contributed by atoms with Gasteiger partial charge >= 0.3 is 6.03 Å². The zero-order valence-electron chi connectivity index (χ0n) is 13.9. The van der Waals surface area contributed by atoms with E-state index in [1.54, 1.807) is 12.1 Å². The van der Waals surface area contributed by atoms with Crippen molar-refractivity contribution in [2.75, 3.05) is 5.32 Å². The first-order valence-corrected chi connectivity index (χ1v) is 7.86. The quantitative estimate of drug-likeness (QED) is 0.776. The number of amides is 2. The van der Waals surface area contributed by atoms with Gasteiger partial charge in [-0.15, -0.1) is 0 Å². The van der Waals surface area contributed by atoms with Gasteiger partial charge in [0.2, 0.25) is 0 Å².